The van der Waals surface area contributed by atoms with E-state index in [-0.39, 0.29) is 18.8 Å². The van der Waals surface area contributed by atoms with E-state index in [9.17, 15) is 10.2 Å². The number of aliphatic hydroxyl groups is 2. The van der Waals surface area contributed by atoms with Gasteiger partial charge in [-0.15, -0.1) is 0 Å². The van der Waals surface area contributed by atoms with Gasteiger partial charge in [-0.25, -0.2) is 0 Å². The van der Waals surface area contributed by atoms with Gasteiger partial charge in [0.1, 0.15) is 5.75 Å². The Morgan fingerprint density at radius 2 is 1.93 bits per heavy atom. The second-order valence-electron chi connectivity index (χ2n) is 3.25. The highest BCUT2D eigenvalue weighted by atomic mass is 16.3. The van der Waals surface area contributed by atoms with Gasteiger partial charge in [-0.05, 0) is 12.5 Å². The summed E-state index contributed by atoms with van der Waals surface area (Å²) in [5.41, 5.74) is 5.91. The zero-order chi connectivity index (χ0) is 10.6. The number of aromatic hydroxyl groups is 1. The van der Waals surface area contributed by atoms with Crippen molar-refractivity contribution in [1.82, 2.24) is 0 Å². The smallest absolute Gasteiger partial charge is 0.121 e. The molecule has 0 aliphatic rings. The standard InChI is InChI=1S/C10H15NO3/c11-7(6-12)5-10(14)8-3-1-2-4-9(8)13/h1-4,7,10,12-14H,5-6,11H2/t7-,10-/m0/s1. The Hall–Kier alpha value is -1.10. The molecule has 0 amide bonds. The summed E-state index contributed by atoms with van der Waals surface area (Å²) in [5, 5.41) is 27.8. The molecule has 0 fully saturated rings. The first-order valence-corrected chi connectivity index (χ1v) is 4.47. The molecular formula is C10H15NO3. The van der Waals surface area contributed by atoms with E-state index in [1.807, 2.05) is 0 Å². The van der Waals surface area contributed by atoms with Crippen LogP contribution in [-0.4, -0.2) is 28.0 Å². The van der Waals surface area contributed by atoms with Crippen molar-refractivity contribution >= 4 is 0 Å². The van der Waals surface area contributed by atoms with E-state index in [4.69, 9.17) is 10.8 Å². The van der Waals surface area contributed by atoms with Gasteiger partial charge in [0.25, 0.3) is 0 Å². The van der Waals surface area contributed by atoms with Crippen LogP contribution in [0.15, 0.2) is 24.3 Å². The molecule has 4 heteroatoms. The molecule has 0 saturated carbocycles. The monoisotopic (exact) mass is 197 g/mol. The van der Waals surface area contributed by atoms with Gasteiger partial charge in [0, 0.05) is 11.6 Å². The minimum absolute atomic E-state index is 0.0464. The molecule has 0 aromatic heterocycles. The summed E-state index contributed by atoms with van der Waals surface area (Å²) in [5.74, 6) is 0.0464. The van der Waals surface area contributed by atoms with Crippen molar-refractivity contribution in [2.45, 2.75) is 18.6 Å². The second kappa shape index (κ2) is 4.95. The van der Waals surface area contributed by atoms with Crippen LogP contribution in [0.5, 0.6) is 5.75 Å². The van der Waals surface area contributed by atoms with E-state index in [0.717, 1.165) is 0 Å². The van der Waals surface area contributed by atoms with Crippen LogP contribution in [0.3, 0.4) is 0 Å². The molecule has 1 aromatic carbocycles. The fourth-order valence-corrected chi connectivity index (χ4v) is 1.26. The van der Waals surface area contributed by atoms with Crippen LogP contribution in [-0.2, 0) is 0 Å². The highest BCUT2D eigenvalue weighted by Crippen LogP contribution is 2.26. The predicted octanol–water partition coefficient (Wildman–Crippen LogP) is 0.135. The maximum Gasteiger partial charge on any atom is 0.121 e. The molecule has 4 nitrogen and oxygen atoms in total. The van der Waals surface area contributed by atoms with Gasteiger partial charge >= 0.3 is 0 Å². The Morgan fingerprint density at radius 3 is 2.50 bits per heavy atom. The van der Waals surface area contributed by atoms with Gasteiger partial charge in [0.05, 0.1) is 12.7 Å². The number of phenolic OH excluding ortho intramolecular Hbond substituents is 1. The van der Waals surface area contributed by atoms with Crippen molar-refractivity contribution in [2.24, 2.45) is 5.73 Å². The summed E-state index contributed by atoms with van der Waals surface area (Å²) in [6, 6.07) is 6.07. The Kier molecular flexibility index (Phi) is 3.88. The lowest BCUT2D eigenvalue weighted by molar-refractivity contribution is 0.137. The van der Waals surface area contributed by atoms with E-state index >= 15 is 0 Å². The molecule has 0 aliphatic heterocycles. The Balaban J connectivity index is 2.69. The van der Waals surface area contributed by atoms with Crippen LogP contribution in [0.25, 0.3) is 0 Å². The molecule has 0 unspecified atom stereocenters. The molecule has 78 valence electrons. The van der Waals surface area contributed by atoms with Gasteiger partial charge < -0.3 is 21.1 Å². The van der Waals surface area contributed by atoms with Gasteiger partial charge in [-0.2, -0.15) is 0 Å². The summed E-state index contributed by atoms with van der Waals surface area (Å²) in [4.78, 5) is 0. The molecule has 2 atom stereocenters. The zero-order valence-corrected chi connectivity index (χ0v) is 7.80. The largest absolute Gasteiger partial charge is 0.508 e. The molecule has 14 heavy (non-hydrogen) atoms. The minimum Gasteiger partial charge on any atom is -0.508 e. The third kappa shape index (κ3) is 2.70. The Labute approximate surface area is 82.6 Å². The topological polar surface area (TPSA) is 86.7 Å². The third-order valence-electron chi connectivity index (χ3n) is 2.06. The number of phenols is 1. The summed E-state index contributed by atoms with van der Waals surface area (Å²) in [6.45, 7) is -0.176. The number of aliphatic hydroxyl groups excluding tert-OH is 2. The van der Waals surface area contributed by atoms with E-state index in [1.54, 1.807) is 18.2 Å². The summed E-state index contributed by atoms with van der Waals surface area (Å²) in [6.07, 6.45) is -0.605. The fourth-order valence-electron chi connectivity index (χ4n) is 1.26. The quantitative estimate of drug-likeness (QED) is 0.553. The van der Waals surface area contributed by atoms with Crippen molar-refractivity contribution in [2.75, 3.05) is 6.61 Å². The lowest BCUT2D eigenvalue weighted by Gasteiger charge is -2.15. The first-order valence-electron chi connectivity index (χ1n) is 4.47. The highest BCUT2D eigenvalue weighted by molar-refractivity contribution is 5.33. The van der Waals surface area contributed by atoms with Crippen LogP contribution in [0.2, 0.25) is 0 Å². The molecule has 0 bridgehead atoms. The first kappa shape index (κ1) is 11.0. The van der Waals surface area contributed by atoms with E-state index < -0.39 is 12.1 Å². The van der Waals surface area contributed by atoms with Crippen LogP contribution >= 0.6 is 0 Å². The molecule has 0 heterocycles. The van der Waals surface area contributed by atoms with Crippen molar-refractivity contribution < 1.29 is 15.3 Å². The lowest BCUT2D eigenvalue weighted by atomic mass is 10.0. The average Bonchev–Trinajstić information content (AvgIpc) is 2.18. The lowest BCUT2D eigenvalue weighted by Crippen LogP contribution is -2.26. The zero-order valence-electron chi connectivity index (χ0n) is 7.80. The Morgan fingerprint density at radius 1 is 1.29 bits per heavy atom. The number of rotatable bonds is 4. The molecule has 0 saturated heterocycles. The van der Waals surface area contributed by atoms with Gasteiger partial charge in [-0.1, -0.05) is 18.2 Å². The molecule has 0 aliphatic carbocycles. The van der Waals surface area contributed by atoms with E-state index in [2.05, 4.69) is 0 Å². The van der Waals surface area contributed by atoms with Crippen molar-refractivity contribution in [3.05, 3.63) is 29.8 Å². The van der Waals surface area contributed by atoms with E-state index in [1.165, 1.54) is 6.07 Å². The highest BCUT2D eigenvalue weighted by Gasteiger charge is 2.14. The molecule has 0 radical (unpaired) electrons. The normalized spacial score (nSPS) is 15.1. The number of hydrogen-bond donors (Lipinski definition) is 4. The number of nitrogens with two attached hydrogens (primary N) is 1. The van der Waals surface area contributed by atoms with Crippen molar-refractivity contribution in [3.63, 3.8) is 0 Å². The van der Waals surface area contributed by atoms with Gasteiger partial charge in [-0.3, -0.25) is 0 Å². The van der Waals surface area contributed by atoms with Crippen LogP contribution in [0.4, 0.5) is 0 Å². The first-order chi connectivity index (χ1) is 6.65. The number of para-hydroxylation sites is 1. The van der Waals surface area contributed by atoms with Crippen LogP contribution in [0, 0.1) is 0 Å². The maximum atomic E-state index is 9.65. The van der Waals surface area contributed by atoms with Crippen LogP contribution in [0.1, 0.15) is 18.1 Å². The van der Waals surface area contributed by atoms with Crippen molar-refractivity contribution in [3.8, 4) is 5.75 Å². The second-order valence-corrected chi connectivity index (χ2v) is 3.25. The van der Waals surface area contributed by atoms with Crippen molar-refractivity contribution in [1.29, 1.82) is 0 Å². The molecule has 0 spiro atoms. The SMILES string of the molecule is N[C@H](CO)C[C@H](O)c1ccccc1O. The average molecular weight is 197 g/mol. The Bertz CT molecular complexity index is 290. The molecule has 1 rings (SSSR count). The summed E-state index contributed by atoms with van der Waals surface area (Å²) >= 11 is 0. The third-order valence-corrected chi connectivity index (χ3v) is 2.06. The van der Waals surface area contributed by atoms with E-state index in [0.29, 0.717) is 5.56 Å². The fraction of sp³-hybridized carbons (Fsp3) is 0.400. The molecular weight excluding hydrogens is 182 g/mol. The predicted molar refractivity (Wildman–Crippen MR) is 52.7 cm³/mol. The number of hydrogen-bond acceptors (Lipinski definition) is 4. The summed E-state index contributed by atoms with van der Waals surface area (Å²) in [7, 11) is 0. The molecule has 1 aromatic rings. The maximum absolute atomic E-state index is 9.65. The number of benzene rings is 1. The van der Waals surface area contributed by atoms with Crippen LogP contribution < -0.4 is 5.73 Å². The summed E-state index contributed by atoms with van der Waals surface area (Å²) < 4.78 is 0. The molecule has 5 N–H and O–H groups in total. The van der Waals surface area contributed by atoms with Gasteiger partial charge in [0.2, 0.25) is 0 Å². The minimum atomic E-state index is -0.835. The van der Waals surface area contributed by atoms with Gasteiger partial charge in [0.15, 0.2) is 0 Å².